The molecule has 0 aliphatic rings. The van der Waals surface area contributed by atoms with Crippen LogP contribution in [0.4, 0.5) is 4.79 Å². The highest BCUT2D eigenvalue weighted by Gasteiger charge is 2.11. The molecular formula is C13H25N5O. The molecule has 0 unspecified atom stereocenters. The van der Waals surface area contributed by atoms with Gasteiger partial charge in [0.2, 0.25) is 0 Å². The van der Waals surface area contributed by atoms with Gasteiger partial charge in [-0.1, -0.05) is 6.92 Å². The minimum atomic E-state index is -0.0669. The summed E-state index contributed by atoms with van der Waals surface area (Å²) in [7, 11) is 3.86. The summed E-state index contributed by atoms with van der Waals surface area (Å²) in [6, 6.07) is 0.406. The third-order valence-corrected chi connectivity index (χ3v) is 3.38. The lowest BCUT2D eigenvalue weighted by Crippen LogP contribution is -2.39. The minimum Gasteiger partial charge on any atom is -0.347 e. The van der Waals surface area contributed by atoms with Crippen molar-refractivity contribution in [3.05, 3.63) is 18.2 Å². The predicted octanol–water partition coefficient (Wildman–Crippen LogP) is 1.28. The van der Waals surface area contributed by atoms with Crippen molar-refractivity contribution in [2.24, 2.45) is 0 Å². The van der Waals surface area contributed by atoms with E-state index in [1.807, 2.05) is 0 Å². The van der Waals surface area contributed by atoms with Gasteiger partial charge in [0.25, 0.3) is 0 Å². The van der Waals surface area contributed by atoms with Gasteiger partial charge in [-0.2, -0.15) is 0 Å². The van der Waals surface area contributed by atoms with Crippen LogP contribution in [0.15, 0.2) is 12.4 Å². The first-order valence-electron chi connectivity index (χ1n) is 6.72. The zero-order chi connectivity index (χ0) is 14.3. The van der Waals surface area contributed by atoms with Crippen LogP contribution in [0.3, 0.4) is 0 Å². The summed E-state index contributed by atoms with van der Waals surface area (Å²) in [6.07, 6.45) is 4.39. The maximum Gasteiger partial charge on any atom is 0.317 e. The lowest BCUT2D eigenvalue weighted by molar-refractivity contribution is 0.202. The third kappa shape index (κ3) is 5.30. The monoisotopic (exact) mass is 267 g/mol. The summed E-state index contributed by atoms with van der Waals surface area (Å²) in [4.78, 5) is 22.8. The molecule has 0 saturated heterocycles. The molecule has 0 aliphatic carbocycles. The van der Waals surface area contributed by atoms with Gasteiger partial charge < -0.3 is 20.1 Å². The summed E-state index contributed by atoms with van der Waals surface area (Å²) < 4.78 is 0. The maximum atomic E-state index is 11.8. The second-order valence-electron chi connectivity index (χ2n) is 4.83. The van der Waals surface area contributed by atoms with E-state index < -0.39 is 0 Å². The van der Waals surface area contributed by atoms with Crippen LogP contribution in [0, 0.1) is 0 Å². The Balaban J connectivity index is 2.23. The van der Waals surface area contributed by atoms with Crippen LogP contribution in [0.2, 0.25) is 0 Å². The quantitative estimate of drug-likeness (QED) is 0.782. The molecule has 0 radical (unpaired) electrons. The molecule has 19 heavy (non-hydrogen) atoms. The van der Waals surface area contributed by atoms with Gasteiger partial charge in [-0.15, -0.1) is 0 Å². The van der Waals surface area contributed by atoms with E-state index >= 15 is 0 Å². The second-order valence-corrected chi connectivity index (χ2v) is 4.83. The Morgan fingerprint density at radius 1 is 1.53 bits per heavy atom. The van der Waals surface area contributed by atoms with Gasteiger partial charge in [-0.25, -0.2) is 9.78 Å². The first-order chi connectivity index (χ1) is 9.04. The van der Waals surface area contributed by atoms with E-state index in [2.05, 4.69) is 41.1 Å². The average Bonchev–Trinajstić information content (AvgIpc) is 2.90. The summed E-state index contributed by atoms with van der Waals surface area (Å²) in [5.74, 6) is 0.789. The van der Waals surface area contributed by atoms with Gasteiger partial charge in [0.05, 0.1) is 6.54 Å². The number of urea groups is 1. The minimum absolute atomic E-state index is 0.0669. The molecule has 0 saturated carbocycles. The number of nitrogens with zero attached hydrogens (tertiary/aromatic N) is 3. The van der Waals surface area contributed by atoms with Crippen LogP contribution in [-0.4, -0.2) is 59.0 Å². The van der Waals surface area contributed by atoms with E-state index in [9.17, 15) is 4.79 Å². The third-order valence-electron chi connectivity index (χ3n) is 3.38. The van der Waals surface area contributed by atoms with Crippen molar-refractivity contribution >= 4 is 6.03 Å². The van der Waals surface area contributed by atoms with Gasteiger partial charge in [-0.05, 0) is 26.9 Å². The number of amides is 2. The van der Waals surface area contributed by atoms with Crippen LogP contribution in [-0.2, 0) is 6.54 Å². The molecule has 6 heteroatoms. The number of aromatic nitrogens is 2. The molecule has 1 atom stereocenters. The van der Waals surface area contributed by atoms with Crippen molar-refractivity contribution in [2.75, 3.05) is 27.2 Å². The number of aromatic amines is 1. The van der Waals surface area contributed by atoms with Crippen molar-refractivity contribution in [3.8, 4) is 0 Å². The maximum absolute atomic E-state index is 11.8. The summed E-state index contributed by atoms with van der Waals surface area (Å²) >= 11 is 0. The fraction of sp³-hybridized carbons (Fsp3) is 0.692. The number of carbonyl (C=O) groups excluding carboxylic acids is 1. The first kappa shape index (κ1) is 15.5. The molecule has 0 spiro atoms. The zero-order valence-corrected chi connectivity index (χ0v) is 12.3. The number of hydrogen-bond donors (Lipinski definition) is 2. The molecular weight excluding hydrogens is 242 g/mol. The fourth-order valence-corrected chi connectivity index (χ4v) is 1.74. The first-order valence-corrected chi connectivity index (χ1v) is 6.72. The van der Waals surface area contributed by atoms with Crippen LogP contribution in [0.25, 0.3) is 0 Å². The molecule has 0 fully saturated rings. The Kier molecular flexibility index (Phi) is 6.35. The van der Waals surface area contributed by atoms with Gasteiger partial charge in [0, 0.05) is 32.0 Å². The van der Waals surface area contributed by atoms with Crippen LogP contribution < -0.4 is 5.32 Å². The number of carbonyl (C=O) groups is 1. The summed E-state index contributed by atoms with van der Waals surface area (Å²) in [6.45, 7) is 6.50. The number of hydrogen-bond acceptors (Lipinski definition) is 3. The number of nitrogens with one attached hydrogen (secondary N) is 2. The van der Waals surface area contributed by atoms with E-state index in [4.69, 9.17) is 0 Å². The largest absolute Gasteiger partial charge is 0.347 e. The van der Waals surface area contributed by atoms with Gasteiger partial charge in [0.15, 0.2) is 0 Å². The van der Waals surface area contributed by atoms with E-state index in [1.165, 1.54) is 0 Å². The van der Waals surface area contributed by atoms with Crippen LogP contribution >= 0.6 is 0 Å². The summed E-state index contributed by atoms with van der Waals surface area (Å²) in [5, 5.41) is 2.92. The topological polar surface area (TPSA) is 64.3 Å². The standard InChI is InChI=1S/C13H25N5O/c1-5-17(3)11(2)6-7-16-13(19)18(4)10-12-14-8-9-15-12/h8-9,11H,5-7,10H2,1-4H3,(H,14,15)(H,16,19)/t11-/m0/s1. The van der Waals surface area contributed by atoms with E-state index in [1.54, 1.807) is 24.3 Å². The van der Waals surface area contributed by atoms with E-state index in [0.29, 0.717) is 19.1 Å². The van der Waals surface area contributed by atoms with E-state index in [-0.39, 0.29) is 6.03 Å². The molecule has 1 aromatic rings. The van der Waals surface area contributed by atoms with Crippen molar-refractivity contribution in [1.29, 1.82) is 0 Å². The predicted molar refractivity (Wildman–Crippen MR) is 75.8 cm³/mol. The molecule has 108 valence electrons. The van der Waals surface area contributed by atoms with Crippen molar-refractivity contribution in [1.82, 2.24) is 25.1 Å². The van der Waals surface area contributed by atoms with Crippen molar-refractivity contribution in [3.63, 3.8) is 0 Å². The van der Waals surface area contributed by atoms with Crippen molar-refractivity contribution in [2.45, 2.75) is 32.9 Å². The average molecular weight is 267 g/mol. The number of H-pyrrole nitrogens is 1. The molecule has 1 rings (SSSR count). The smallest absolute Gasteiger partial charge is 0.317 e. The molecule has 2 N–H and O–H groups in total. The Morgan fingerprint density at radius 2 is 2.26 bits per heavy atom. The molecule has 0 aromatic carbocycles. The number of rotatable bonds is 7. The summed E-state index contributed by atoms with van der Waals surface area (Å²) in [5.41, 5.74) is 0. The highest BCUT2D eigenvalue weighted by molar-refractivity contribution is 5.73. The zero-order valence-electron chi connectivity index (χ0n) is 12.3. The molecule has 0 bridgehead atoms. The molecule has 6 nitrogen and oxygen atoms in total. The Morgan fingerprint density at radius 3 is 2.84 bits per heavy atom. The van der Waals surface area contributed by atoms with Crippen LogP contribution in [0.5, 0.6) is 0 Å². The lowest BCUT2D eigenvalue weighted by atomic mass is 10.2. The fourth-order valence-electron chi connectivity index (χ4n) is 1.74. The van der Waals surface area contributed by atoms with Gasteiger partial charge in [0.1, 0.15) is 5.82 Å². The number of imidazole rings is 1. The molecule has 1 heterocycles. The molecule has 1 aromatic heterocycles. The highest BCUT2D eigenvalue weighted by atomic mass is 16.2. The molecule has 2 amide bonds. The Labute approximate surface area is 115 Å². The SMILES string of the molecule is CCN(C)[C@@H](C)CCNC(=O)N(C)Cc1ncc[nH]1. The normalized spacial score (nSPS) is 12.5. The van der Waals surface area contributed by atoms with Crippen LogP contribution in [0.1, 0.15) is 26.1 Å². The van der Waals surface area contributed by atoms with Crippen molar-refractivity contribution < 1.29 is 4.79 Å². The lowest BCUT2D eigenvalue weighted by Gasteiger charge is -2.23. The Hall–Kier alpha value is -1.56. The van der Waals surface area contributed by atoms with E-state index in [0.717, 1.165) is 18.8 Å². The highest BCUT2D eigenvalue weighted by Crippen LogP contribution is 2.00. The second kappa shape index (κ2) is 7.78. The Bertz CT molecular complexity index is 365. The molecule has 0 aliphatic heterocycles. The van der Waals surface area contributed by atoms with Gasteiger partial charge >= 0.3 is 6.03 Å². The van der Waals surface area contributed by atoms with Gasteiger partial charge in [-0.3, -0.25) is 0 Å².